The van der Waals surface area contributed by atoms with Crippen molar-refractivity contribution in [3.05, 3.63) is 70.8 Å². The van der Waals surface area contributed by atoms with Crippen LogP contribution in [0.3, 0.4) is 0 Å². The smallest absolute Gasteiger partial charge is 0.237 e. The van der Waals surface area contributed by atoms with Crippen LogP contribution in [0.1, 0.15) is 18.9 Å². The summed E-state index contributed by atoms with van der Waals surface area (Å²) in [5, 5.41) is 7.35. The maximum absolute atomic E-state index is 12.9. The zero-order valence-corrected chi connectivity index (χ0v) is 18.9. The van der Waals surface area contributed by atoms with E-state index in [1.165, 1.54) is 11.8 Å². The number of thiophene rings is 1. The number of thioether (sulfide) groups is 1. The van der Waals surface area contributed by atoms with E-state index < -0.39 is 0 Å². The molecule has 0 aliphatic carbocycles. The fraction of sp³-hybridized carbons (Fsp3) is 0.174. The molecule has 0 radical (unpaired) electrons. The largest absolute Gasteiger partial charge is 0.325 e. The van der Waals surface area contributed by atoms with Crippen molar-refractivity contribution < 1.29 is 4.79 Å². The maximum Gasteiger partial charge on any atom is 0.237 e. The summed E-state index contributed by atoms with van der Waals surface area (Å²) < 4.78 is 0. The lowest BCUT2D eigenvalue weighted by atomic mass is 10.1. The highest BCUT2D eigenvalue weighted by Gasteiger charge is 2.22. The average molecular weight is 454 g/mol. The molecular weight excluding hydrogens is 434 g/mol. The van der Waals surface area contributed by atoms with Gasteiger partial charge in [-0.1, -0.05) is 54.6 Å². The number of anilines is 1. The molecule has 7 heteroatoms. The molecule has 4 nitrogen and oxygen atoms in total. The molecule has 0 fully saturated rings. The molecule has 30 heavy (non-hydrogen) atoms. The van der Waals surface area contributed by atoms with E-state index in [0.717, 1.165) is 37.6 Å². The lowest BCUT2D eigenvalue weighted by Crippen LogP contribution is -2.24. The number of aromatic nitrogens is 2. The SMILES string of the molecule is CCC(Sc1ncnc2scc(-c3ccc(Cl)cc3)c12)C(=O)Nc1cccc(C)c1. The summed E-state index contributed by atoms with van der Waals surface area (Å²) in [4.78, 5) is 22.8. The van der Waals surface area contributed by atoms with Crippen molar-refractivity contribution in [2.24, 2.45) is 0 Å². The predicted molar refractivity (Wildman–Crippen MR) is 128 cm³/mol. The molecule has 0 spiro atoms. The number of carbonyl (C=O) groups excluding carboxylic acids is 1. The fourth-order valence-corrected chi connectivity index (χ4v) is 5.32. The highest BCUT2D eigenvalue weighted by molar-refractivity contribution is 8.00. The molecule has 0 aliphatic rings. The van der Waals surface area contributed by atoms with Crippen LogP contribution < -0.4 is 5.32 Å². The Labute approximate surface area is 188 Å². The van der Waals surface area contributed by atoms with Gasteiger partial charge in [-0.25, -0.2) is 9.97 Å². The van der Waals surface area contributed by atoms with Gasteiger partial charge in [-0.2, -0.15) is 0 Å². The van der Waals surface area contributed by atoms with Gasteiger partial charge in [0.25, 0.3) is 0 Å². The Morgan fingerprint density at radius 2 is 2.00 bits per heavy atom. The van der Waals surface area contributed by atoms with Gasteiger partial charge < -0.3 is 5.32 Å². The number of nitrogens with one attached hydrogen (secondary N) is 1. The van der Waals surface area contributed by atoms with E-state index in [9.17, 15) is 4.79 Å². The Hall–Kier alpha value is -2.41. The highest BCUT2D eigenvalue weighted by atomic mass is 35.5. The zero-order chi connectivity index (χ0) is 21.1. The first-order chi connectivity index (χ1) is 14.5. The second-order valence-corrected chi connectivity index (χ2v) is 9.37. The van der Waals surface area contributed by atoms with Crippen LogP contribution in [0.2, 0.25) is 5.02 Å². The lowest BCUT2D eigenvalue weighted by molar-refractivity contribution is -0.115. The van der Waals surface area contributed by atoms with E-state index in [1.54, 1.807) is 17.7 Å². The highest BCUT2D eigenvalue weighted by Crippen LogP contribution is 2.39. The molecule has 1 amide bonds. The van der Waals surface area contributed by atoms with Crippen molar-refractivity contribution in [3.63, 3.8) is 0 Å². The number of amides is 1. The van der Waals surface area contributed by atoms with Gasteiger partial charge in [0.1, 0.15) is 16.2 Å². The molecule has 4 aromatic rings. The number of rotatable bonds is 6. The fourth-order valence-electron chi connectivity index (χ4n) is 3.18. The van der Waals surface area contributed by atoms with Crippen LogP contribution in [0.5, 0.6) is 0 Å². The number of nitrogens with zero attached hydrogens (tertiary/aromatic N) is 2. The minimum absolute atomic E-state index is 0.0249. The van der Waals surface area contributed by atoms with E-state index >= 15 is 0 Å². The van der Waals surface area contributed by atoms with Gasteiger partial charge in [-0.3, -0.25) is 4.79 Å². The third-order valence-electron chi connectivity index (χ3n) is 4.69. The monoisotopic (exact) mass is 453 g/mol. The zero-order valence-electron chi connectivity index (χ0n) is 16.6. The predicted octanol–water partition coefficient (Wildman–Crippen LogP) is 6.83. The van der Waals surface area contributed by atoms with Gasteiger partial charge in [-0.15, -0.1) is 11.3 Å². The third kappa shape index (κ3) is 4.51. The molecule has 1 unspecified atom stereocenters. The second-order valence-electron chi connectivity index (χ2n) is 6.89. The standard InChI is InChI=1S/C23H20ClN3OS2/c1-3-19(21(28)27-17-6-4-5-14(2)11-17)30-23-20-18(12-29-22(20)25-13-26-23)15-7-9-16(24)10-8-15/h4-13,19H,3H2,1-2H3,(H,27,28). The number of fused-ring (bicyclic) bond motifs is 1. The Balaban J connectivity index is 1.64. The number of aryl methyl sites for hydroxylation is 1. The second kappa shape index (κ2) is 9.16. The van der Waals surface area contributed by atoms with Gasteiger partial charge in [-0.05, 0) is 48.7 Å². The van der Waals surface area contributed by atoms with Crippen molar-refractivity contribution >= 4 is 56.5 Å². The normalized spacial score (nSPS) is 12.1. The quantitative estimate of drug-likeness (QED) is 0.257. The van der Waals surface area contributed by atoms with E-state index in [-0.39, 0.29) is 11.2 Å². The molecule has 0 saturated carbocycles. The van der Waals surface area contributed by atoms with E-state index in [2.05, 4.69) is 20.7 Å². The van der Waals surface area contributed by atoms with Crippen molar-refractivity contribution in [1.82, 2.24) is 9.97 Å². The summed E-state index contributed by atoms with van der Waals surface area (Å²) in [6.07, 6.45) is 2.26. The topological polar surface area (TPSA) is 54.9 Å². The van der Waals surface area contributed by atoms with Crippen LogP contribution in [0.4, 0.5) is 5.69 Å². The van der Waals surface area contributed by atoms with Crippen LogP contribution in [-0.4, -0.2) is 21.1 Å². The number of hydrogen-bond donors (Lipinski definition) is 1. The van der Waals surface area contributed by atoms with Gasteiger partial charge in [0.15, 0.2) is 0 Å². The maximum atomic E-state index is 12.9. The Morgan fingerprint density at radius 1 is 1.20 bits per heavy atom. The molecule has 152 valence electrons. The molecule has 4 rings (SSSR count). The summed E-state index contributed by atoms with van der Waals surface area (Å²) in [6.45, 7) is 4.02. The minimum Gasteiger partial charge on any atom is -0.325 e. The van der Waals surface area contributed by atoms with Crippen molar-refractivity contribution in [3.8, 4) is 11.1 Å². The van der Waals surface area contributed by atoms with Gasteiger partial charge in [0.2, 0.25) is 5.91 Å². The van der Waals surface area contributed by atoms with Crippen LogP contribution in [-0.2, 0) is 4.79 Å². The average Bonchev–Trinajstić information content (AvgIpc) is 3.17. The Bertz CT molecular complexity index is 1190. The molecule has 0 bridgehead atoms. The van der Waals surface area contributed by atoms with E-state index in [0.29, 0.717) is 11.4 Å². The number of halogens is 1. The molecule has 1 N–H and O–H groups in total. The van der Waals surface area contributed by atoms with Crippen molar-refractivity contribution in [2.75, 3.05) is 5.32 Å². The summed E-state index contributed by atoms with van der Waals surface area (Å²) in [5.74, 6) is -0.0249. The van der Waals surface area contributed by atoms with Crippen LogP contribution in [0.15, 0.2) is 65.3 Å². The molecule has 1 atom stereocenters. The first-order valence-electron chi connectivity index (χ1n) is 9.57. The van der Waals surface area contributed by atoms with Gasteiger partial charge in [0, 0.05) is 21.7 Å². The summed E-state index contributed by atoms with van der Waals surface area (Å²) in [7, 11) is 0. The number of hydrogen-bond acceptors (Lipinski definition) is 5. The first kappa shape index (κ1) is 20.8. The van der Waals surface area contributed by atoms with Crippen LogP contribution in [0, 0.1) is 6.92 Å². The first-order valence-corrected chi connectivity index (χ1v) is 11.7. The summed E-state index contributed by atoms with van der Waals surface area (Å²) >= 11 is 9.11. The van der Waals surface area contributed by atoms with Gasteiger partial charge in [0.05, 0.1) is 10.6 Å². The lowest BCUT2D eigenvalue weighted by Gasteiger charge is -2.15. The van der Waals surface area contributed by atoms with E-state index in [1.807, 2.05) is 62.4 Å². The van der Waals surface area contributed by atoms with E-state index in [4.69, 9.17) is 11.6 Å². The Morgan fingerprint density at radius 3 is 2.73 bits per heavy atom. The molecular formula is C23H20ClN3OS2. The van der Waals surface area contributed by atoms with Crippen molar-refractivity contribution in [1.29, 1.82) is 0 Å². The van der Waals surface area contributed by atoms with Crippen LogP contribution >= 0.6 is 34.7 Å². The number of carbonyl (C=O) groups is 1. The molecule has 2 aromatic carbocycles. The number of benzene rings is 2. The molecule has 2 heterocycles. The Kier molecular flexibility index (Phi) is 6.37. The molecule has 0 aliphatic heterocycles. The summed E-state index contributed by atoms with van der Waals surface area (Å²) in [6, 6.07) is 15.6. The summed E-state index contributed by atoms with van der Waals surface area (Å²) in [5.41, 5.74) is 4.03. The molecule has 0 saturated heterocycles. The van der Waals surface area contributed by atoms with Gasteiger partial charge >= 0.3 is 0 Å². The minimum atomic E-state index is -0.262. The third-order valence-corrected chi connectivity index (χ3v) is 7.20. The molecule has 2 aromatic heterocycles. The van der Waals surface area contributed by atoms with Crippen LogP contribution in [0.25, 0.3) is 21.3 Å². The van der Waals surface area contributed by atoms with Crippen molar-refractivity contribution in [2.45, 2.75) is 30.5 Å².